The van der Waals surface area contributed by atoms with E-state index in [0.29, 0.717) is 23.5 Å². The maximum absolute atomic E-state index is 9.53. The van der Waals surface area contributed by atoms with Crippen LogP contribution in [0.2, 0.25) is 5.02 Å². The average Bonchev–Trinajstić information content (AvgIpc) is 2.62. The molecule has 2 N–H and O–H groups in total. The highest BCUT2D eigenvalue weighted by atomic mass is 35.5. The number of aliphatic hydroxyl groups excluding tert-OH is 1. The molecule has 0 bridgehead atoms. The van der Waals surface area contributed by atoms with Gasteiger partial charge in [-0.2, -0.15) is 0 Å². The highest BCUT2D eigenvalue weighted by molar-refractivity contribution is 6.32. The van der Waals surface area contributed by atoms with E-state index in [4.69, 9.17) is 21.1 Å². The zero-order valence-electron chi connectivity index (χ0n) is 15.5. The molecule has 0 spiro atoms. The zero-order chi connectivity index (χ0) is 18.2. The van der Waals surface area contributed by atoms with E-state index in [2.05, 4.69) is 16.3 Å². The summed E-state index contributed by atoms with van der Waals surface area (Å²) in [5.74, 6) is 1.81. The quantitative estimate of drug-likeness (QED) is 0.651. The van der Waals surface area contributed by atoms with E-state index >= 15 is 0 Å². The normalized spacial score (nSPS) is 19.9. The van der Waals surface area contributed by atoms with Gasteiger partial charge < -0.3 is 19.9 Å². The van der Waals surface area contributed by atoms with Crippen LogP contribution in [0.5, 0.6) is 5.75 Å². The van der Waals surface area contributed by atoms with Crippen LogP contribution in [-0.2, 0) is 11.3 Å². The molecule has 5 nitrogen and oxygen atoms in total. The Bertz CT molecular complexity index is 548. The first kappa shape index (κ1) is 19.9. The topological polar surface area (TPSA) is 54.0 Å². The lowest BCUT2D eigenvalue weighted by atomic mass is 9.76. The van der Waals surface area contributed by atoms with Crippen LogP contribution >= 0.6 is 11.6 Å². The van der Waals surface area contributed by atoms with E-state index in [9.17, 15) is 5.11 Å². The van der Waals surface area contributed by atoms with Crippen LogP contribution < -0.4 is 10.1 Å². The van der Waals surface area contributed by atoms with Crippen molar-refractivity contribution in [3.63, 3.8) is 0 Å². The average molecular weight is 383 g/mol. The molecule has 1 aromatic rings. The van der Waals surface area contributed by atoms with E-state index in [1.165, 1.54) is 19.3 Å². The van der Waals surface area contributed by atoms with Crippen LogP contribution in [0.15, 0.2) is 18.2 Å². The van der Waals surface area contributed by atoms with Gasteiger partial charge in [0.25, 0.3) is 0 Å². The summed E-state index contributed by atoms with van der Waals surface area (Å²) >= 11 is 6.38. The van der Waals surface area contributed by atoms with Gasteiger partial charge in [0.15, 0.2) is 0 Å². The van der Waals surface area contributed by atoms with Gasteiger partial charge in [0.05, 0.1) is 18.2 Å². The maximum Gasteiger partial charge on any atom is 0.137 e. The third-order valence-electron chi connectivity index (χ3n) is 5.55. The van der Waals surface area contributed by atoms with Crippen LogP contribution in [0.4, 0.5) is 0 Å². The SMILES string of the molecule is OCC(CNCc1ccc(OCCN2CCOCC2)c(Cl)c1)C1CCC1. The Morgan fingerprint density at radius 3 is 2.77 bits per heavy atom. The number of halogens is 1. The van der Waals surface area contributed by atoms with Gasteiger partial charge in [-0.25, -0.2) is 0 Å². The molecule has 2 aliphatic rings. The molecule has 3 rings (SSSR count). The minimum absolute atomic E-state index is 0.272. The summed E-state index contributed by atoms with van der Waals surface area (Å²) in [4.78, 5) is 2.34. The molecule has 1 heterocycles. The van der Waals surface area contributed by atoms with Crippen LogP contribution in [0, 0.1) is 11.8 Å². The van der Waals surface area contributed by atoms with Crippen LogP contribution in [0.3, 0.4) is 0 Å². The van der Waals surface area contributed by atoms with E-state index in [1.807, 2.05) is 12.1 Å². The molecule has 6 heteroatoms. The molecular formula is C20H31ClN2O3. The summed E-state index contributed by atoms with van der Waals surface area (Å²) in [6.45, 7) is 6.97. The maximum atomic E-state index is 9.53. The Balaban J connectivity index is 1.38. The molecule has 2 fully saturated rings. The molecule has 1 saturated carbocycles. The molecule has 0 amide bonds. The Hall–Kier alpha value is -0.850. The smallest absolute Gasteiger partial charge is 0.137 e. The fourth-order valence-electron chi connectivity index (χ4n) is 3.57. The largest absolute Gasteiger partial charge is 0.491 e. The number of ether oxygens (including phenoxy) is 2. The Morgan fingerprint density at radius 1 is 1.31 bits per heavy atom. The molecule has 26 heavy (non-hydrogen) atoms. The van der Waals surface area contributed by atoms with Gasteiger partial charge in [-0.3, -0.25) is 4.90 Å². The number of morpholine rings is 1. The number of hydrogen-bond donors (Lipinski definition) is 2. The second kappa shape index (κ2) is 10.5. The Morgan fingerprint density at radius 2 is 2.12 bits per heavy atom. The number of nitrogens with one attached hydrogen (secondary N) is 1. The molecule has 1 atom stereocenters. The molecule has 1 aromatic carbocycles. The van der Waals surface area contributed by atoms with E-state index in [0.717, 1.165) is 57.3 Å². The molecule has 0 radical (unpaired) electrons. The number of rotatable bonds is 10. The standard InChI is InChI=1S/C20H31ClN2O3/c21-19-12-16(13-22-14-18(15-24)17-2-1-3-17)4-5-20(19)26-11-8-23-6-9-25-10-7-23/h4-5,12,17-18,22,24H,1-3,6-11,13-15H2. The van der Waals surface area contributed by atoms with Crippen molar-refractivity contribution in [2.24, 2.45) is 11.8 Å². The highest BCUT2D eigenvalue weighted by Gasteiger charge is 2.26. The third-order valence-corrected chi connectivity index (χ3v) is 5.85. The van der Waals surface area contributed by atoms with Gasteiger partial charge in [0.2, 0.25) is 0 Å². The minimum Gasteiger partial charge on any atom is -0.491 e. The number of benzene rings is 1. The summed E-state index contributed by atoms with van der Waals surface area (Å²) < 4.78 is 11.2. The first-order valence-electron chi connectivity index (χ1n) is 9.79. The van der Waals surface area contributed by atoms with Gasteiger partial charge >= 0.3 is 0 Å². The number of aliphatic hydroxyl groups is 1. The van der Waals surface area contributed by atoms with Crippen LogP contribution in [0.25, 0.3) is 0 Å². The fourth-order valence-corrected chi connectivity index (χ4v) is 3.83. The van der Waals surface area contributed by atoms with Gasteiger partial charge in [-0.15, -0.1) is 0 Å². The second-order valence-corrected chi connectivity index (χ2v) is 7.74. The number of hydrogen-bond acceptors (Lipinski definition) is 5. The predicted molar refractivity (Wildman–Crippen MR) is 104 cm³/mol. The summed E-state index contributed by atoms with van der Waals surface area (Å²) in [6.07, 6.45) is 3.83. The van der Waals surface area contributed by atoms with Crippen molar-refractivity contribution >= 4 is 11.6 Å². The summed E-state index contributed by atoms with van der Waals surface area (Å²) in [5.41, 5.74) is 1.14. The van der Waals surface area contributed by atoms with Gasteiger partial charge in [-0.1, -0.05) is 36.9 Å². The third kappa shape index (κ3) is 5.83. The van der Waals surface area contributed by atoms with Crippen LogP contribution in [0.1, 0.15) is 24.8 Å². The minimum atomic E-state index is 0.272. The monoisotopic (exact) mass is 382 g/mol. The molecule has 0 aromatic heterocycles. The van der Waals surface area contributed by atoms with Crippen LogP contribution in [-0.4, -0.2) is 62.6 Å². The fraction of sp³-hybridized carbons (Fsp3) is 0.700. The Labute approximate surface area is 161 Å². The van der Waals surface area contributed by atoms with E-state index < -0.39 is 0 Å². The lowest BCUT2D eigenvalue weighted by molar-refractivity contribution is 0.0322. The molecule has 1 saturated heterocycles. The van der Waals surface area contributed by atoms with Gasteiger partial charge in [0.1, 0.15) is 12.4 Å². The van der Waals surface area contributed by atoms with Crippen molar-refractivity contribution in [2.75, 3.05) is 52.6 Å². The second-order valence-electron chi connectivity index (χ2n) is 7.33. The first-order chi connectivity index (χ1) is 12.8. The van der Waals surface area contributed by atoms with Crippen molar-refractivity contribution < 1.29 is 14.6 Å². The number of nitrogens with zero attached hydrogens (tertiary/aromatic N) is 1. The predicted octanol–water partition coefficient (Wildman–Crippen LogP) is 2.55. The molecule has 1 aliphatic carbocycles. The van der Waals surface area contributed by atoms with Crippen molar-refractivity contribution in [2.45, 2.75) is 25.8 Å². The summed E-state index contributed by atoms with van der Waals surface area (Å²) in [5, 5.41) is 13.6. The van der Waals surface area contributed by atoms with Crippen molar-refractivity contribution in [3.8, 4) is 5.75 Å². The molecule has 146 valence electrons. The van der Waals surface area contributed by atoms with E-state index in [1.54, 1.807) is 0 Å². The first-order valence-corrected chi connectivity index (χ1v) is 10.2. The van der Waals surface area contributed by atoms with Gasteiger partial charge in [-0.05, 0) is 29.5 Å². The molecule has 1 aliphatic heterocycles. The Kier molecular flexibility index (Phi) is 8.02. The van der Waals surface area contributed by atoms with E-state index in [-0.39, 0.29) is 6.61 Å². The molecular weight excluding hydrogens is 352 g/mol. The van der Waals surface area contributed by atoms with Gasteiger partial charge in [0, 0.05) is 39.3 Å². The van der Waals surface area contributed by atoms with Crippen molar-refractivity contribution in [1.29, 1.82) is 0 Å². The highest BCUT2D eigenvalue weighted by Crippen LogP contribution is 2.33. The summed E-state index contributed by atoms with van der Waals surface area (Å²) in [6, 6.07) is 5.98. The van der Waals surface area contributed by atoms with Crippen molar-refractivity contribution in [1.82, 2.24) is 10.2 Å². The zero-order valence-corrected chi connectivity index (χ0v) is 16.2. The lowest BCUT2D eigenvalue weighted by Gasteiger charge is -2.32. The van der Waals surface area contributed by atoms with Crippen molar-refractivity contribution in [3.05, 3.63) is 28.8 Å². The molecule has 1 unspecified atom stereocenters. The summed E-state index contributed by atoms with van der Waals surface area (Å²) in [7, 11) is 0. The lowest BCUT2D eigenvalue weighted by Crippen LogP contribution is -2.38.